The smallest absolute Gasteiger partial charge is 0.255 e. The molecule has 0 aliphatic rings. The summed E-state index contributed by atoms with van der Waals surface area (Å²) >= 11 is 1.80. The fraction of sp³-hybridized carbons (Fsp3) is 0.136. The highest BCUT2D eigenvalue weighted by Crippen LogP contribution is 2.23. The van der Waals surface area contributed by atoms with Gasteiger partial charge in [-0.15, -0.1) is 11.8 Å². The topological polar surface area (TPSA) is 38.3 Å². The summed E-state index contributed by atoms with van der Waals surface area (Å²) in [5.41, 5.74) is 2.62. The van der Waals surface area contributed by atoms with Crippen molar-refractivity contribution in [3.05, 3.63) is 90.0 Å². The molecule has 26 heavy (non-hydrogen) atoms. The van der Waals surface area contributed by atoms with Crippen LogP contribution in [0.5, 0.6) is 5.75 Å². The van der Waals surface area contributed by atoms with Gasteiger partial charge in [-0.3, -0.25) is 4.79 Å². The van der Waals surface area contributed by atoms with E-state index >= 15 is 0 Å². The Balaban J connectivity index is 1.55. The minimum absolute atomic E-state index is 0.126. The van der Waals surface area contributed by atoms with E-state index in [1.807, 2.05) is 61.5 Å². The van der Waals surface area contributed by atoms with Crippen molar-refractivity contribution in [1.29, 1.82) is 0 Å². The second kappa shape index (κ2) is 9.11. The van der Waals surface area contributed by atoms with Crippen molar-refractivity contribution in [3.63, 3.8) is 0 Å². The van der Waals surface area contributed by atoms with Gasteiger partial charge in [0.15, 0.2) is 0 Å². The summed E-state index contributed by atoms with van der Waals surface area (Å²) in [4.78, 5) is 13.6. The summed E-state index contributed by atoms with van der Waals surface area (Å²) in [5.74, 6) is 1.54. The Morgan fingerprint density at radius 2 is 1.62 bits per heavy atom. The summed E-state index contributed by atoms with van der Waals surface area (Å²) in [6, 6.07) is 25.4. The van der Waals surface area contributed by atoms with E-state index in [0.717, 1.165) is 17.2 Å². The van der Waals surface area contributed by atoms with Crippen LogP contribution < -0.4 is 10.1 Å². The average molecular weight is 363 g/mol. The summed E-state index contributed by atoms with van der Waals surface area (Å²) in [5, 5.41) is 2.92. The molecule has 0 heterocycles. The lowest BCUT2D eigenvalue weighted by Crippen LogP contribution is -2.11. The first-order valence-corrected chi connectivity index (χ1v) is 9.54. The lowest BCUT2D eigenvalue weighted by molar-refractivity contribution is 0.102. The second-order valence-electron chi connectivity index (χ2n) is 5.71. The monoisotopic (exact) mass is 363 g/mol. The highest BCUT2D eigenvalue weighted by atomic mass is 32.2. The molecule has 3 rings (SSSR count). The number of nitrogens with one attached hydrogen (secondary N) is 1. The minimum atomic E-state index is -0.126. The molecule has 0 bridgehead atoms. The predicted molar refractivity (Wildman–Crippen MR) is 108 cm³/mol. The van der Waals surface area contributed by atoms with E-state index in [1.165, 1.54) is 10.5 Å². The maximum atomic E-state index is 12.3. The molecule has 132 valence electrons. The zero-order valence-corrected chi connectivity index (χ0v) is 15.5. The van der Waals surface area contributed by atoms with Crippen LogP contribution in [0.4, 0.5) is 5.69 Å². The highest BCUT2D eigenvalue weighted by molar-refractivity contribution is 7.98. The van der Waals surface area contributed by atoms with Crippen LogP contribution in [0.1, 0.15) is 22.8 Å². The van der Waals surface area contributed by atoms with Crippen molar-refractivity contribution in [2.75, 3.05) is 11.9 Å². The molecule has 0 aromatic heterocycles. The van der Waals surface area contributed by atoms with E-state index in [-0.39, 0.29) is 5.91 Å². The number of amides is 1. The molecule has 0 aliphatic heterocycles. The predicted octanol–water partition coefficient (Wildman–Crippen LogP) is 5.63. The first-order valence-electron chi connectivity index (χ1n) is 8.55. The number of benzene rings is 3. The molecule has 3 aromatic carbocycles. The fourth-order valence-electron chi connectivity index (χ4n) is 2.44. The van der Waals surface area contributed by atoms with Gasteiger partial charge in [0.1, 0.15) is 5.75 Å². The minimum Gasteiger partial charge on any atom is -0.494 e. The molecule has 4 heteroatoms. The Bertz CT molecular complexity index is 830. The third-order valence-electron chi connectivity index (χ3n) is 3.79. The zero-order valence-electron chi connectivity index (χ0n) is 14.6. The number of anilines is 1. The molecule has 0 fully saturated rings. The van der Waals surface area contributed by atoms with Gasteiger partial charge in [-0.25, -0.2) is 0 Å². The van der Waals surface area contributed by atoms with Gasteiger partial charge in [0.05, 0.1) is 6.61 Å². The number of hydrogen-bond acceptors (Lipinski definition) is 3. The van der Waals surface area contributed by atoms with Crippen LogP contribution in [-0.4, -0.2) is 12.5 Å². The summed E-state index contributed by atoms with van der Waals surface area (Å²) < 4.78 is 5.39. The van der Waals surface area contributed by atoms with E-state index in [1.54, 1.807) is 23.9 Å². The van der Waals surface area contributed by atoms with Crippen LogP contribution >= 0.6 is 11.8 Å². The number of ether oxygens (including phenoxy) is 1. The SMILES string of the molecule is CCOc1ccc(C(=O)Nc2ccc(CSc3ccccc3)cc2)cc1. The van der Waals surface area contributed by atoms with Crippen LogP contribution in [-0.2, 0) is 5.75 Å². The van der Waals surface area contributed by atoms with Crippen molar-refractivity contribution in [1.82, 2.24) is 0 Å². The Morgan fingerprint density at radius 1 is 0.923 bits per heavy atom. The number of carbonyl (C=O) groups excluding carboxylic acids is 1. The molecule has 3 nitrogen and oxygen atoms in total. The van der Waals surface area contributed by atoms with Gasteiger partial charge in [-0.1, -0.05) is 30.3 Å². The normalized spacial score (nSPS) is 10.3. The number of hydrogen-bond donors (Lipinski definition) is 1. The van der Waals surface area contributed by atoms with E-state index in [4.69, 9.17) is 4.74 Å². The molecule has 0 unspecified atom stereocenters. The van der Waals surface area contributed by atoms with Crippen molar-refractivity contribution in [2.45, 2.75) is 17.6 Å². The molecule has 0 saturated heterocycles. The lowest BCUT2D eigenvalue weighted by Gasteiger charge is -2.08. The number of rotatable bonds is 7. The van der Waals surface area contributed by atoms with Crippen molar-refractivity contribution in [2.24, 2.45) is 0 Å². The van der Waals surface area contributed by atoms with Crippen LogP contribution in [0, 0.1) is 0 Å². The maximum absolute atomic E-state index is 12.3. The van der Waals surface area contributed by atoms with Gasteiger partial charge in [-0.2, -0.15) is 0 Å². The van der Waals surface area contributed by atoms with Gasteiger partial charge < -0.3 is 10.1 Å². The molecular weight excluding hydrogens is 342 g/mol. The zero-order chi connectivity index (χ0) is 18.2. The molecule has 0 spiro atoms. The van der Waals surface area contributed by atoms with E-state index in [0.29, 0.717) is 12.2 Å². The van der Waals surface area contributed by atoms with Crippen LogP contribution in [0.25, 0.3) is 0 Å². The largest absolute Gasteiger partial charge is 0.494 e. The Kier molecular flexibility index (Phi) is 6.34. The molecule has 0 radical (unpaired) electrons. The first-order chi connectivity index (χ1) is 12.7. The molecule has 3 aromatic rings. The van der Waals surface area contributed by atoms with Gasteiger partial charge in [-0.05, 0) is 61.0 Å². The molecule has 0 atom stereocenters. The van der Waals surface area contributed by atoms with Crippen molar-refractivity contribution >= 4 is 23.4 Å². The van der Waals surface area contributed by atoms with E-state index in [9.17, 15) is 4.79 Å². The highest BCUT2D eigenvalue weighted by Gasteiger charge is 2.06. The molecule has 0 aliphatic carbocycles. The summed E-state index contributed by atoms with van der Waals surface area (Å²) in [7, 11) is 0. The van der Waals surface area contributed by atoms with E-state index < -0.39 is 0 Å². The lowest BCUT2D eigenvalue weighted by atomic mass is 10.2. The van der Waals surface area contributed by atoms with Crippen molar-refractivity contribution in [3.8, 4) is 5.75 Å². The second-order valence-corrected chi connectivity index (χ2v) is 6.76. The average Bonchev–Trinajstić information content (AvgIpc) is 2.69. The Morgan fingerprint density at radius 3 is 2.27 bits per heavy atom. The Labute approximate surface area is 158 Å². The maximum Gasteiger partial charge on any atom is 0.255 e. The van der Waals surface area contributed by atoms with Gasteiger partial charge in [0.25, 0.3) is 5.91 Å². The number of thioether (sulfide) groups is 1. The standard InChI is InChI=1S/C22H21NO2S/c1-2-25-20-14-10-18(11-15-20)22(24)23-19-12-8-17(9-13-19)16-26-21-6-4-3-5-7-21/h3-15H,2,16H2,1H3,(H,23,24). The molecule has 1 N–H and O–H groups in total. The van der Waals surface area contributed by atoms with E-state index in [2.05, 4.69) is 17.4 Å². The van der Waals surface area contributed by atoms with Crippen molar-refractivity contribution < 1.29 is 9.53 Å². The molecule has 0 saturated carbocycles. The van der Waals surface area contributed by atoms with Gasteiger partial charge >= 0.3 is 0 Å². The van der Waals surface area contributed by atoms with Crippen LogP contribution in [0.15, 0.2) is 83.8 Å². The number of carbonyl (C=O) groups is 1. The van der Waals surface area contributed by atoms with Crippen LogP contribution in [0.2, 0.25) is 0 Å². The summed E-state index contributed by atoms with van der Waals surface area (Å²) in [6.45, 7) is 2.54. The van der Waals surface area contributed by atoms with Gasteiger partial charge in [0.2, 0.25) is 0 Å². The molecule has 1 amide bonds. The Hall–Kier alpha value is -2.72. The fourth-order valence-corrected chi connectivity index (χ4v) is 3.32. The third-order valence-corrected chi connectivity index (χ3v) is 4.87. The summed E-state index contributed by atoms with van der Waals surface area (Å²) in [6.07, 6.45) is 0. The quantitative estimate of drug-likeness (QED) is 0.553. The van der Waals surface area contributed by atoms with Crippen LogP contribution in [0.3, 0.4) is 0 Å². The van der Waals surface area contributed by atoms with Gasteiger partial charge in [0, 0.05) is 21.9 Å². The first kappa shape index (κ1) is 18.1. The molecular formula is C22H21NO2S. The third kappa shape index (κ3) is 5.14.